The van der Waals surface area contributed by atoms with Gasteiger partial charge in [-0.2, -0.15) is 4.98 Å². The van der Waals surface area contributed by atoms with E-state index in [2.05, 4.69) is 20.2 Å². The Morgan fingerprint density at radius 1 is 1.56 bits per heavy atom. The third-order valence-corrected chi connectivity index (χ3v) is 2.18. The van der Waals surface area contributed by atoms with Gasteiger partial charge in [0.05, 0.1) is 6.54 Å². The molecule has 0 aromatic carbocycles. The van der Waals surface area contributed by atoms with E-state index in [-0.39, 0.29) is 18.9 Å². The zero-order valence-corrected chi connectivity index (χ0v) is 10.2. The lowest BCUT2D eigenvalue weighted by molar-refractivity contribution is -0.148. The Morgan fingerprint density at radius 3 is 2.78 bits per heavy atom. The molecular weight excluding hydrogens is 242 g/mol. The molecule has 2 N–H and O–H groups in total. The highest BCUT2D eigenvalue weighted by Gasteiger charge is 2.17. The number of carbonyl (C=O) groups is 2. The van der Waals surface area contributed by atoms with Gasteiger partial charge < -0.3 is 19.7 Å². The lowest BCUT2D eigenvalue weighted by Gasteiger charge is -2.10. The van der Waals surface area contributed by atoms with Gasteiger partial charge in [0.25, 0.3) is 0 Å². The number of hydrogen-bond donors (Lipinski definition) is 2. The molecule has 0 aliphatic rings. The monoisotopic (exact) mass is 257 g/mol. The molecule has 1 heterocycles. The Morgan fingerprint density at radius 2 is 2.28 bits per heavy atom. The van der Waals surface area contributed by atoms with Crippen LogP contribution in [0, 0.1) is 6.92 Å². The second kappa shape index (κ2) is 6.70. The summed E-state index contributed by atoms with van der Waals surface area (Å²) in [6.07, 6.45) is -0.575. The number of carboxylic acids is 1. The minimum Gasteiger partial charge on any atom is -0.479 e. The number of ether oxygens (including phenoxy) is 1. The fourth-order valence-corrected chi connectivity index (χ4v) is 1.23. The van der Waals surface area contributed by atoms with Crippen LogP contribution in [0.25, 0.3) is 0 Å². The molecule has 1 rings (SSSR count). The molecule has 8 nitrogen and oxygen atoms in total. The van der Waals surface area contributed by atoms with E-state index in [9.17, 15) is 9.59 Å². The van der Waals surface area contributed by atoms with Crippen molar-refractivity contribution in [3.05, 3.63) is 11.7 Å². The first-order valence-corrected chi connectivity index (χ1v) is 5.34. The maximum absolute atomic E-state index is 11.4. The van der Waals surface area contributed by atoms with Gasteiger partial charge in [-0.1, -0.05) is 5.16 Å². The largest absolute Gasteiger partial charge is 0.479 e. The molecule has 1 aromatic heterocycles. The average molecular weight is 257 g/mol. The summed E-state index contributed by atoms with van der Waals surface area (Å²) in [7, 11) is 1.27. The van der Waals surface area contributed by atoms with Gasteiger partial charge in [0.2, 0.25) is 11.8 Å². The van der Waals surface area contributed by atoms with Crippen molar-refractivity contribution in [3.8, 4) is 0 Å². The van der Waals surface area contributed by atoms with Crippen molar-refractivity contribution in [2.24, 2.45) is 0 Å². The quantitative estimate of drug-likeness (QED) is 0.678. The van der Waals surface area contributed by atoms with E-state index in [0.29, 0.717) is 18.1 Å². The van der Waals surface area contributed by atoms with Crippen LogP contribution in [0.2, 0.25) is 0 Å². The predicted octanol–water partition coefficient (Wildman–Crippen LogP) is -0.474. The summed E-state index contributed by atoms with van der Waals surface area (Å²) in [5.74, 6) is -0.528. The highest BCUT2D eigenvalue weighted by atomic mass is 16.5. The van der Waals surface area contributed by atoms with Crippen molar-refractivity contribution in [2.45, 2.75) is 25.9 Å². The summed E-state index contributed by atoms with van der Waals surface area (Å²) >= 11 is 0. The normalized spacial score (nSPS) is 12.1. The Bertz CT molecular complexity index is 417. The van der Waals surface area contributed by atoms with Gasteiger partial charge in [0, 0.05) is 20.0 Å². The van der Waals surface area contributed by atoms with E-state index in [4.69, 9.17) is 9.63 Å². The van der Waals surface area contributed by atoms with Crippen LogP contribution < -0.4 is 5.32 Å². The van der Waals surface area contributed by atoms with Gasteiger partial charge in [0.15, 0.2) is 11.9 Å². The number of carbonyl (C=O) groups excluding carboxylic acids is 1. The number of aliphatic carboxylic acids is 1. The highest BCUT2D eigenvalue weighted by molar-refractivity contribution is 5.78. The molecule has 100 valence electrons. The van der Waals surface area contributed by atoms with Gasteiger partial charge in [-0.3, -0.25) is 4.79 Å². The number of rotatable bonds is 7. The van der Waals surface area contributed by atoms with Gasteiger partial charge in [-0.05, 0) is 6.92 Å². The second-order valence-electron chi connectivity index (χ2n) is 3.60. The lowest BCUT2D eigenvalue weighted by atomic mass is 10.3. The summed E-state index contributed by atoms with van der Waals surface area (Å²) in [6.45, 7) is 1.61. The molecule has 1 atom stereocenters. The Labute approximate surface area is 103 Å². The number of methoxy groups -OCH3 is 1. The predicted molar refractivity (Wildman–Crippen MR) is 58.8 cm³/mol. The molecule has 0 saturated heterocycles. The molecule has 0 aliphatic carbocycles. The summed E-state index contributed by atoms with van der Waals surface area (Å²) in [5, 5.41) is 14.7. The fraction of sp³-hybridized carbons (Fsp3) is 0.600. The first-order valence-electron chi connectivity index (χ1n) is 5.34. The van der Waals surface area contributed by atoms with Gasteiger partial charge in [-0.25, -0.2) is 4.79 Å². The van der Waals surface area contributed by atoms with Gasteiger partial charge in [-0.15, -0.1) is 0 Å². The lowest BCUT2D eigenvalue weighted by Crippen LogP contribution is -2.37. The SMILES string of the molecule is COC(CNC(=O)CCc1nc(C)no1)C(=O)O. The van der Waals surface area contributed by atoms with Crippen LogP contribution in [0.5, 0.6) is 0 Å². The molecule has 0 aliphatic heterocycles. The zero-order chi connectivity index (χ0) is 13.5. The van der Waals surface area contributed by atoms with Crippen molar-refractivity contribution in [1.82, 2.24) is 15.5 Å². The maximum atomic E-state index is 11.4. The zero-order valence-electron chi connectivity index (χ0n) is 10.2. The smallest absolute Gasteiger partial charge is 0.334 e. The number of nitrogens with one attached hydrogen (secondary N) is 1. The third-order valence-electron chi connectivity index (χ3n) is 2.18. The van der Waals surface area contributed by atoms with Crippen LogP contribution in [0.1, 0.15) is 18.1 Å². The minimum absolute atomic E-state index is 0.0759. The number of nitrogens with zero attached hydrogens (tertiary/aromatic N) is 2. The van der Waals surface area contributed by atoms with Crippen LogP contribution in [0.3, 0.4) is 0 Å². The Balaban J connectivity index is 2.27. The van der Waals surface area contributed by atoms with Crippen LogP contribution in [-0.4, -0.2) is 46.9 Å². The van der Waals surface area contributed by atoms with E-state index in [1.54, 1.807) is 6.92 Å². The summed E-state index contributed by atoms with van der Waals surface area (Å²) in [4.78, 5) is 26.0. The van der Waals surface area contributed by atoms with Crippen molar-refractivity contribution in [1.29, 1.82) is 0 Å². The molecule has 1 aromatic rings. The van der Waals surface area contributed by atoms with Crippen molar-refractivity contribution >= 4 is 11.9 Å². The standard InChI is InChI=1S/C10H15N3O5/c1-6-12-9(18-13-6)4-3-8(14)11-5-7(17-2)10(15)16/h7H,3-5H2,1-2H3,(H,11,14)(H,15,16). The number of carboxylic acid groups (broad SMARTS) is 1. The molecule has 0 radical (unpaired) electrons. The van der Waals surface area contributed by atoms with Crippen LogP contribution >= 0.6 is 0 Å². The topological polar surface area (TPSA) is 115 Å². The minimum atomic E-state index is -1.12. The molecule has 0 saturated carbocycles. The van der Waals surface area contributed by atoms with E-state index < -0.39 is 12.1 Å². The van der Waals surface area contributed by atoms with Crippen molar-refractivity contribution < 1.29 is 24.0 Å². The fourth-order valence-electron chi connectivity index (χ4n) is 1.23. The molecule has 18 heavy (non-hydrogen) atoms. The molecule has 0 spiro atoms. The first kappa shape index (κ1) is 14.1. The van der Waals surface area contributed by atoms with E-state index >= 15 is 0 Å². The molecule has 0 fully saturated rings. The number of hydrogen-bond acceptors (Lipinski definition) is 6. The first-order chi connectivity index (χ1) is 8.52. The van der Waals surface area contributed by atoms with E-state index in [0.717, 1.165) is 0 Å². The third kappa shape index (κ3) is 4.50. The maximum Gasteiger partial charge on any atom is 0.334 e. The summed E-state index contributed by atoms with van der Waals surface area (Å²) in [6, 6.07) is 0. The molecule has 1 amide bonds. The van der Waals surface area contributed by atoms with Gasteiger partial charge in [0.1, 0.15) is 0 Å². The number of aryl methyl sites for hydroxylation is 2. The van der Waals surface area contributed by atoms with Crippen molar-refractivity contribution in [3.63, 3.8) is 0 Å². The Hall–Kier alpha value is -1.96. The molecule has 8 heteroatoms. The highest BCUT2D eigenvalue weighted by Crippen LogP contribution is 2.00. The van der Waals surface area contributed by atoms with E-state index in [1.165, 1.54) is 7.11 Å². The van der Waals surface area contributed by atoms with Crippen LogP contribution in [0.15, 0.2) is 4.52 Å². The number of amides is 1. The summed E-state index contributed by atoms with van der Waals surface area (Å²) in [5.41, 5.74) is 0. The van der Waals surface area contributed by atoms with Crippen LogP contribution in [-0.2, 0) is 20.7 Å². The average Bonchev–Trinajstić information content (AvgIpc) is 2.73. The summed E-state index contributed by atoms with van der Waals surface area (Å²) < 4.78 is 9.51. The molecular formula is C10H15N3O5. The second-order valence-corrected chi connectivity index (χ2v) is 3.60. The van der Waals surface area contributed by atoms with E-state index in [1.807, 2.05) is 0 Å². The van der Waals surface area contributed by atoms with Crippen LogP contribution in [0.4, 0.5) is 0 Å². The molecule has 1 unspecified atom stereocenters. The Kier molecular flexibility index (Phi) is 5.25. The van der Waals surface area contributed by atoms with Gasteiger partial charge >= 0.3 is 5.97 Å². The van der Waals surface area contributed by atoms with Crippen molar-refractivity contribution in [2.75, 3.05) is 13.7 Å². The molecule has 0 bridgehead atoms. The number of aromatic nitrogens is 2.